The van der Waals surface area contributed by atoms with Crippen LogP contribution >= 0.6 is 0 Å². The normalized spacial score (nSPS) is 12.1. The lowest BCUT2D eigenvalue weighted by molar-refractivity contribution is -0.139. The topological polar surface area (TPSA) is 118 Å². The van der Waals surface area contributed by atoms with Gasteiger partial charge >= 0.3 is 11.8 Å². The molecule has 2 heterocycles. The van der Waals surface area contributed by atoms with Gasteiger partial charge in [0.05, 0.1) is 11.2 Å². The van der Waals surface area contributed by atoms with Crippen LogP contribution in [0.3, 0.4) is 0 Å². The van der Waals surface area contributed by atoms with E-state index < -0.39 is 26.9 Å². The zero-order valence-corrected chi connectivity index (χ0v) is 16.1. The maximum atomic E-state index is 13.0. The summed E-state index contributed by atoms with van der Waals surface area (Å²) in [5.74, 6) is -1.64. The molecule has 29 heavy (non-hydrogen) atoms. The van der Waals surface area contributed by atoms with Gasteiger partial charge in [0.15, 0.2) is 9.84 Å². The second-order valence-corrected chi connectivity index (χ2v) is 8.25. The molecule has 0 radical (unpaired) electrons. The van der Waals surface area contributed by atoms with Gasteiger partial charge in [0.25, 0.3) is 0 Å². The van der Waals surface area contributed by atoms with Gasteiger partial charge in [-0.3, -0.25) is 14.6 Å². The predicted octanol–water partition coefficient (Wildman–Crippen LogP) is 1.62. The Morgan fingerprint density at radius 2 is 1.72 bits per heavy atom. The molecule has 3 rings (SSSR count). The summed E-state index contributed by atoms with van der Waals surface area (Å²) < 4.78 is 31.3. The SMILES string of the molecule is O=C(NCc1cccnc1)C(=O)NC[C@H](c1ccco1)S(=O)(=O)c1ccccc1. The van der Waals surface area contributed by atoms with Crippen LogP contribution in [-0.4, -0.2) is 31.8 Å². The molecule has 2 aromatic heterocycles. The Kier molecular flexibility index (Phi) is 6.40. The number of furan rings is 1. The number of sulfone groups is 1. The number of nitrogens with zero attached hydrogens (tertiary/aromatic N) is 1. The summed E-state index contributed by atoms with van der Waals surface area (Å²) in [4.78, 5) is 28.2. The van der Waals surface area contributed by atoms with Gasteiger partial charge in [0.1, 0.15) is 11.0 Å². The first-order chi connectivity index (χ1) is 14.0. The first kappa shape index (κ1) is 20.3. The van der Waals surface area contributed by atoms with E-state index in [1.807, 2.05) is 0 Å². The molecule has 0 saturated carbocycles. The number of pyridine rings is 1. The smallest absolute Gasteiger partial charge is 0.309 e. The highest BCUT2D eigenvalue weighted by atomic mass is 32.2. The lowest BCUT2D eigenvalue weighted by Crippen LogP contribution is -2.42. The maximum Gasteiger partial charge on any atom is 0.309 e. The van der Waals surface area contributed by atoms with E-state index in [-0.39, 0.29) is 23.7 Å². The Morgan fingerprint density at radius 1 is 0.966 bits per heavy atom. The molecular weight excluding hydrogens is 394 g/mol. The molecule has 150 valence electrons. The standard InChI is InChI=1S/C20H19N3O5S/c24-19(22-13-15-6-4-10-21-12-15)20(25)23-14-18(17-9-5-11-28-17)29(26,27)16-7-2-1-3-8-16/h1-12,18H,13-14H2,(H,22,24)(H,23,25)/t18-/m1/s1. The van der Waals surface area contributed by atoms with Crippen molar-refractivity contribution in [3.05, 3.63) is 84.6 Å². The molecule has 9 heteroatoms. The van der Waals surface area contributed by atoms with Crippen molar-refractivity contribution in [2.45, 2.75) is 16.7 Å². The molecule has 0 unspecified atom stereocenters. The Balaban J connectivity index is 1.67. The lowest BCUT2D eigenvalue weighted by Gasteiger charge is -2.16. The van der Waals surface area contributed by atoms with Gasteiger partial charge in [-0.15, -0.1) is 0 Å². The average molecular weight is 413 g/mol. The van der Waals surface area contributed by atoms with Crippen molar-refractivity contribution in [3.63, 3.8) is 0 Å². The van der Waals surface area contributed by atoms with Crippen LogP contribution in [0.1, 0.15) is 16.6 Å². The van der Waals surface area contributed by atoms with Crippen LogP contribution in [-0.2, 0) is 26.0 Å². The molecule has 0 spiro atoms. The summed E-state index contributed by atoms with van der Waals surface area (Å²) in [5.41, 5.74) is 0.730. The van der Waals surface area contributed by atoms with Crippen LogP contribution in [0, 0.1) is 0 Å². The fourth-order valence-electron chi connectivity index (χ4n) is 2.64. The molecular formula is C20H19N3O5S. The van der Waals surface area contributed by atoms with Crippen LogP contribution in [0.25, 0.3) is 0 Å². The summed E-state index contributed by atoms with van der Waals surface area (Å²) in [5, 5.41) is 3.67. The summed E-state index contributed by atoms with van der Waals surface area (Å²) in [6, 6.07) is 14.4. The molecule has 2 N–H and O–H groups in total. The van der Waals surface area contributed by atoms with Gasteiger partial charge in [-0.25, -0.2) is 8.42 Å². The minimum Gasteiger partial charge on any atom is -0.468 e. The highest BCUT2D eigenvalue weighted by Crippen LogP contribution is 2.28. The number of rotatable bonds is 7. The van der Waals surface area contributed by atoms with Crippen molar-refractivity contribution in [1.82, 2.24) is 15.6 Å². The number of hydrogen-bond donors (Lipinski definition) is 2. The Hall–Kier alpha value is -3.46. The lowest BCUT2D eigenvalue weighted by atomic mass is 10.3. The molecule has 0 aliphatic rings. The number of amides is 2. The molecule has 0 aliphatic heterocycles. The summed E-state index contributed by atoms with van der Waals surface area (Å²) in [7, 11) is -3.85. The summed E-state index contributed by atoms with van der Waals surface area (Å²) in [6.45, 7) is -0.187. The third-order valence-electron chi connectivity index (χ3n) is 4.14. The van der Waals surface area contributed by atoms with Gasteiger partial charge in [-0.1, -0.05) is 24.3 Å². The summed E-state index contributed by atoms with van der Waals surface area (Å²) in [6.07, 6.45) is 4.52. The van der Waals surface area contributed by atoms with E-state index >= 15 is 0 Å². The van der Waals surface area contributed by atoms with Gasteiger partial charge in [-0.2, -0.15) is 0 Å². The number of carbonyl (C=O) groups excluding carboxylic acids is 2. The van der Waals surface area contributed by atoms with Crippen molar-refractivity contribution < 1.29 is 22.4 Å². The number of aromatic nitrogens is 1. The molecule has 3 aromatic rings. The largest absolute Gasteiger partial charge is 0.468 e. The minimum absolute atomic E-state index is 0.0941. The first-order valence-electron chi connectivity index (χ1n) is 8.76. The van der Waals surface area contributed by atoms with Crippen molar-refractivity contribution >= 4 is 21.7 Å². The Labute approximate surface area is 167 Å². The zero-order chi connectivity index (χ0) is 20.7. The Morgan fingerprint density at radius 3 is 2.38 bits per heavy atom. The summed E-state index contributed by atoms with van der Waals surface area (Å²) >= 11 is 0. The second-order valence-electron chi connectivity index (χ2n) is 6.12. The molecule has 1 atom stereocenters. The van der Waals surface area contributed by atoms with Gasteiger partial charge in [-0.05, 0) is 35.9 Å². The number of nitrogens with one attached hydrogen (secondary N) is 2. The monoisotopic (exact) mass is 413 g/mol. The van der Waals surface area contributed by atoms with Crippen molar-refractivity contribution in [1.29, 1.82) is 0 Å². The average Bonchev–Trinajstić information content (AvgIpc) is 3.27. The molecule has 0 fully saturated rings. The first-order valence-corrected chi connectivity index (χ1v) is 10.3. The van der Waals surface area contributed by atoms with E-state index in [9.17, 15) is 18.0 Å². The van der Waals surface area contributed by atoms with Crippen LogP contribution in [0.15, 0.2) is 82.6 Å². The number of hydrogen-bond acceptors (Lipinski definition) is 6. The number of carbonyl (C=O) groups is 2. The number of benzene rings is 1. The fourth-order valence-corrected chi connectivity index (χ4v) is 4.25. The van der Waals surface area contributed by atoms with Gasteiger partial charge < -0.3 is 15.1 Å². The molecule has 0 bridgehead atoms. The van der Waals surface area contributed by atoms with E-state index in [2.05, 4.69) is 15.6 Å². The molecule has 8 nitrogen and oxygen atoms in total. The van der Waals surface area contributed by atoms with Crippen LogP contribution in [0.4, 0.5) is 0 Å². The van der Waals surface area contributed by atoms with Crippen LogP contribution in [0.2, 0.25) is 0 Å². The van der Waals surface area contributed by atoms with Crippen LogP contribution in [0.5, 0.6) is 0 Å². The van der Waals surface area contributed by atoms with Crippen LogP contribution < -0.4 is 10.6 Å². The van der Waals surface area contributed by atoms with E-state index in [1.54, 1.807) is 48.8 Å². The third-order valence-corrected chi connectivity index (χ3v) is 6.21. The second kappa shape index (κ2) is 9.16. The Bertz CT molecular complexity index is 1050. The van der Waals surface area contributed by atoms with Crippen molar-refractivity contribution in [2.24, 2.45) is 0 Å². The molecule has 0 saturated heterocycles. The quantitative estimate of drug-likeness (QED) is 0.568. The van der Waals surface area contributed by atoms with E-state index in [1.165, 1.54) is 24.5 Å². The van der Waals surface area contributed by atoms with E-state index in [4.69, 9.17) is 4.42 Å². The maximum absolute atomic E-state index is 13.0. The predicted molar refractivity (Wildman–Crippen MR) is 104 cm³/mol. The molecule has 1 aromatic carbocycles. The minimum atomic E-state index is -3.85. The highest BCUT2D eigenvalue weighted by molar-refractivity contribution is 7.91. The molecule has 0 aliphatic carbocycles. The van der Waals surface area contributed by atoms with Gasteiger partial charge in [0, 0.05) is 25.5 Å². The highest BCUT2D eigenvalue weighted by Gasteiger charge is 2.32. The van der Waals surface area contributed by atoms with Gasteiger partial charge in [0.2, 0.25) is 0 Å². The van der Waals surface area contributed by atoms with Crippen molar-refractivity contribution in [2.75, 3.05) is 6.54 Å². The van der Waals surface area contributed by atoms with E-state index in [0.717, 1.165) is 5.56 Å². The van der Waals surface area contributed by atoms with Crippen molar-refractivity contribution in [3.8, 4) is 0 Å². The van der Waals surface area contributed by atoms with E-state index in [0.29, 0.717) is 0 Å². The zero-order valence-electron chi connectivity index (χ0n) is 15.3. The fraction of sp³-hybridized carbons (Fsp3) is 0.150. The third kappa shape index (κ3) is 5.08. The molecule has 2 amide bonds.